The van der Waals surface area contributed by atoms with Crippen molar-refractivity contribution >= 4 is 12.1 Å². The molecule has 0 aromatic heterocycles. The van der Waals surface area contributed by atoms with Gasteiger partial charge < -0.3 is 14.4 Å². The van der Waals surface area contributed by atoms with E-state index in [4.69, 9.17) is 9.47 Å². The zero-order valence-electron chi connectivity index (χ0n) is 13.3. The molecule has 2 saturated carbocycles. The lowest BCUT2D eigenvalue weighted by molar-refractivity contribution is -0.174. The van der Waals surface area contributed by atoms with Gasteiger partial charge in [-0.05, 0) is 58.8 Å². The van der Waals surface area contributed by atoms with Crippen LogP contribution in [0.5, 0.6) is 0 Å². The lowest BCUT2D eigenvalue weighted by atomic mass is 9.55. The number of ether oxygens (including phenoxy) is 2. The van der Waals surface area contributed by atoms with Crippen molar-refractivity contribution in [3.05, 3.63) is 0 Å². The molecule has 2 aliphatic heterocycles. The normalized spacial score (nSPS) is 37.5. The minimum atomic E-state index is -0.480. The molecule has 4 rings (SSSR count). The molecule has 0 aromatic carbocycles. The van der Waals surface area contributed by atoms with Crippen molar-refractivity contribution in [1.82, 2.24) is 4.90 Å². The smallest absolute Gasteiger partial charge is 0.410 e. The second-order valence-corrected chi connectivity index (χ2v) is 7.92. The van der Waals surface area contributed by atoms with Gasteiger partial charge in [-0.1, -0.05) is 0 Å². The highest BCUT2D eigenvalue weighted by Crippen LogP contribution is 2.56. The molecular weight excluding hydrogens is 270 g/mol. The Hall–Kier alpha value is -1.26. The summed E-state index contributed by atoms with van der Waals surface area (Å²) in [7, 11) is 1.46. The molecule has 5 heteroatoms. The maximum atomic E-state index is 12.5. The number of hydrogen-bond acceptors (Lipinski definition) is 4. The summed E-state index contributed by atoms with van der Waals surface area (Å²) in [6, 6.07) is 0.260. The quantitative estimate of drug-likeness (QED) is 0.698. The summed E-state index contributed by atoms with van der Waals surface area (Å²) < 4.78 is 10.6. The van der Waals surface area contributed by atoms with Crippen LogP contribution >= 0.6 is 0 Å². The molecule has 2 aliphatic carbocycles. The van der Waals surface area contributed by atoms with Crippen molar-refractivity contribution in [3.8, 4) is 0 Å². The van der Waals surface area contributed by atoms with Gasteiger partial charge >= 0.3 is 12.1 Å². The summed E-state index contributed by atoms with van der Waals surface area (Å²) >= 11 is 0. The Morgan fingerprint density at radius 2 is 1.67 bits per heavy atom. The summed E-state index contributed by atoms with van der Waals surface area (Å²) in [5.41, 5.74) is -0.838. The van der Waals surface area contributed by atoms with E-state index < -0.39 is 5.60 Å². The van der Waals surface area contributed by atoms with E-state index >= 15 is 0 Å². The van der Waals surface area contributed by atoms with E-state index in [1.807, 2.05) is 25.7 Å². The molecule has 4 aliphatic rings. The third-order valence-corrected chi connectivity index (χ3v) is 5.15. The van der Waals surface area contributed by atoms with E-state index in [2.05, 4.69) is 0 Å². The van der Waals surface area contributed by atoms with Crippen LogP contribution in [-0.4, -0.2) is 41.8 Å². The van der Waals surface area contributed by atoms with Crippen molar-refractivity contribution in [2.24, 2.45) is 11.3 Å². The van der Waals surface area contributed by atoms with Crippen LogP contribution in [0.1, 0.15) is 52.9 Å². The van der Waals surface area contributed by atoms with Crippen LogP contribution in [0.3, 0.4) is 0 Å². The van der Waals surface area contributed by atoms with Gasteiger partial charge in [0.1, 0.15) is 5.60 Å². The summed E-state index contributed by atoms with van der Waals surface area (Å²) in [4.78, 5) is 26.6. The van der Waals surface area contributed by atoms with Gasteiger partial charge in [-0.25, -0.2) is 4.79 Å². The molecule has 4 fully saturated rings. The van der Waals surface area contributed by atoms with Crippen LogP contribution in [-0.2, 0) is 14.3 Å². The predicted octanol–water partition coefficient (Wildman–Crippen LogP) is 2.73. The third-order valence-electron chi connectivity index (χ3n) is 5.15. The Bertz CT molecular complexity index is 451. The number of esters is 1. The summed E-state index contributed by atoms with van der Waals surface area (Å²) in [6.07, 6.45) is 4.15. The Kier molecular flexibility index (Phi) is 3.22. The van der Waals surface area contributed by atoms with Gasteiger partial charge in [0, 0.05) is 12.1 Å². The Morgan fingerprint density at radius 1 is 1.10 bits per heavy atom. The molecule has 2 heterocycles. The van der Waals surface area contributed by atoms with Gasteiger partial charge in [0.2, 0.25) is 0 Å². The van der Waals surface area contributed by atoms with E-state index in [1.54, 1.807) is 0 Å². The zero-order chi connectivity index (χ0) is 15.4. The molecule has 2 saturated heterocycles. The van der Waals surface area contributed by atoms with Crippen LogP contribution < -0.4 is 0 Å². The Morgan fingerprint density at radius 3 is 2.14 bits per heavy atom. The molecule has 4 bridgehead atoms. The third kappa shape index (κ3) is 2.40. The SMILES string of the molecule is COC(=O)C12CC3C[C@H](C1)N(C(=O)OC(C)(C)C)[C@@H](C3)C2. The van der Waals surface area contributed by atoms with E-state index in [0.717, 1.165) is 32.1 Å². The Labute approximate surface area is 126 Å². The molecule has 4 atom stereocenters. The zero-order valence-corrected chi connectivity index (χ0v) is 13.3. The van der Waals surface area contributed by atoms with Gasteiger partial charge in [0.15, 0.2) is 0 Å². The molecule has 21 heavy (non-hydrogen) atoms. The first-order chi connectivity index (χ1) is 9.74. The minimum absolute atomic E-state index is 0.0919. The molecule has 0 spiro atoms. The molecular formula is C16H25NO4. The van der Waals surface area contributed by atoms with E-state index in [0.29, 0.717) is 5.92 Å². The molecule has 0 radical (unpaired) electrons. The van der Waals surface area contributed by atoms with Gasteiger partial charge in [0.05, 0.1) is 12.5 Å². The van der Waals surface area contributed by atoms with Crippen LogP contribution in [0, 0.1) is 11.3 Å². The van der Waals surface area contributed by atoms with Crippen LogP contribution in [0.2, 0.25) is 0 Å². The number of piperidine rings is 2. The van der Waals surface area contributed by atoms with Gasteiger partial charge in [0.25, 0.3) is 0 Å². The van der Waals surface area contributed by atoms with Crippen molar-refractivity contribution < 1.29 is 19.1 Å². The monoisotopic (exact) mass is 295 g/mol. The fourth-order valence-electron chi connectivity index (χ4n) is 4.71. The average molecular weight is 295 g/mol. The maximum Gasteiger partial charge on any atom is 0.410 e. The lowest BCUT2D eigenvalue weighted by Crippen LogP contribution is -2.65. The van der Waals surface area contributed by atoms with Crippen molar-refractivity contribution in [2.45, 2.75) is 70.6 Å². The minimum Gasteiger partial charge on any atom is -0.469 e. The first kappa shape index (κ1) is 14.7. The van der Waals surface area contributed by atoms with E-state index in [1.165, 1.54) is 7.11 Å². The standard InChI is InChI=1S/C16H25NO4/c1-15(2,3)21-14(19)17-11-5-10-6-12(17)9-16(7-10,8-11)13(18)20-4/h10-12H,5-9H2,1-4H3/t10?,11-,12+,16?. The molecule has 118 valence electrons. The second kappa shape index (κ2) is 4.62. The molecule has 0 N–H and O–H groups in total. The number of hydrogen-bond donors (Lipinski definition) is 0. The van der Waals surface area contributed by atoms with Gasteiger partial charge in [-0.2, -0.15) is 0 Å². The highest BCUT2D eigenvalue weighted by Gasteiger charge is 2.59. The van der Waals surface area contributed by atoms with Crippen LogP contribution in [0.25, 0.3) is 0 Å². The highest BCUT2D eigenvalue weighted by atomic mass is 16.6. The molecule has 2 unspecified atom stereocenters. The number of nitrogens with zero attached hydrogens (tertiary/aromatic N) is 1. The average Bonchev–Trinajstić information content (AvgIpc) is 2.34. The number of methoxy groups -OCH3 is 1. The second-order valence-electron chi connectivity index (χ2n) is 7.92. The van der Waals surface area contributed by atoms with Crippen molar-refractivity contribution in [2.75, 3.05) is 7.11 Å². The first-order valence-corrected chi connectivity index (χ1v) is 7.84. The van der Waals surface area contributed by atoms with Gasteiger partial charge in [-0.3, -0.25) is 4.79 Å². The maximum absolute atomic E-state index is 12.5. The van der Waals surface area contributed by atoms with Gasteiger partial charge in [-0.15, -0.1) is 0 Å². The number of rotatable bonds is 1. The topological polar surface area (TPSA) is 55.8 Å². The van der Waals surface area contributed by atoms with Crippen molar-refractivity contribution in [3.63, 3.8) is 0 Å². The lowest BCUT2D eigenvalue weighted by Gasteiger charge is -2.59. The first-order valence-electron chi connectivity index (χ1n) is 7.84. The number of carbonyl (C=O) groups excluding carboxylic acids is 2. The predicted molar refractivity (Wildman–Crippen MR) is 76.7 cm³/mol. The molecule has 1 amide bonds. The summed E-state index contributed by atoms with van der Waals surface area (Å²) in [6.45, 7) is 5.66. The molecule has 5 nitrogen and oxygen atoms in total. The largest absolute Gasteiger partial charge is 0.469 e. The summed E-state index contributed by atoms with van der Waals surface area (Å²) in [5.74, 6) is 0.450. The Balaban J connectivity index is 1.80. The van der Waals surface area contributed by atoms with E-state index in [9.17, 15) is 9.59 Å². The molecule has 0 aromatic rings. The number of amides is 1. The highest BCUT2D eigenvalue weighted by molar-refractivity contribution is 5.78. The summed E-state index contributed by atoms with van der Waals surface area (Å²) in [5, 5.41) is 0. The van der Waals surface area contributed by atoms with Crippen LogP contribution in [0.15, 0.2) is 0 Å². The van der Waals surface area contributed by atoms with E-state index in [-0.39, 0.29) is 29.6 Å². The van der Waals surface area contributed by atoms with Crippen molar-refractivity contribution in [1.29, 1.82) is 0 Å². The number of carbonyl (C=O) groups is 2. The fourth-order valence-corrected chi connectivity index (χ4v) is 4.71. The van der Waals surface area contributed by atoms with Crippen LogP contribution in [0.4, 0.5) is 4.79 Å². The fraction of sp³-hybridized carbons (Fsp3) is 0.875.